The van der Waals surface area contributed by atoms with E-state index < -0.39 is 11.7 Å². The number of nitrogen functional groups attached to an aromatic ring is 1. The van der Waals surface area contributed by atoms with Crippen LogP contribution < -0.4 is 11.4 Å². The molecule has 0 saturated heterocycles. The van der Waals surface area contributed by atoms with Crippen molar-refractivity contribution in [1.82, 2.24) is 9.55 Å². The van der Waals surface area contributed by atoms with Crippen molar-refractivity contribution in [3.63, 3.8) is 0 Å². The number of carboxylic acids is 1. The lowest BCUT2D eigenvalue weighted by Gasteiger charge is -2.09. The van der Waals surface area contributed by atoms with Gasteiger partial charge in [0.05, 0.1) is 12.1 Å². The van der Waals surface area contributed by atoms with Gasteiger partial charge in [0.2, 0.25) is 0 Å². The average molecular weight is 245 g/mol. The Morgan fingerprint density at radius 3 is 2.83 bits per heavy atom. The van der Waals surface area contributed by atoms with Gasteiger partial charge < -0.3 is 10.8 Å². The summed E-state index contributed by atoms with van der Waals surface area (Å²) >= 11 is 0. The molecule has 0 bridgehead atoms. The lowest BCUT2D eigenvalue weighted by atomic mass is 10.1. The molecule has 0 saturated carbocycles. The number of aromatic carboxylic acids is 1. The van der Waals surface area contributed by atoms with Crippen molar-refractivity contribution in [2.24, 2.45) is 0 Å². The number of hydrogen-bond donors (Lipinski definition) is 2. The van der Waals surface area contributed by atoms with Crippen molar-refractivity contribution in [3.8, 4) is 0 Å². The van der Waals surface area contributed by atoms with Crippen molar-refractivity contribution in [2.75, 3.05) is 5.73 Å². The highest BCUT2D eigenvalue weighted by molar-refractivity contribution is 5.95. The molecular formula is C12H11N3O3. The molecule has 0 fully saturated rings. The largest absolute Gasteiger partial charge is 0.478 e. The lowest BCUT2D eigenvalue weighted by molar-refractivity contribution is 0.0696. The van der Waals surface area contributed by atoms with E-state index in [-0.39, 0.29) is 17.8 Å². The average Bonchev–Trinajstić information content (AvgIpc) is 2.31. The zero-order valence-corrected chi connectivity index (χ0v) is 9.41. The predicted molar refractivity (Wildman–Crippen MR) is 65.4 cm³/mol. The molecule has 1 aromatic carbocycles. The summed E-state index contributed by atoms with van der Waals surface area (Å²) in [5.41, 5.74) is 5.87. The van der Waals surface area contributed by atoms with E-state index in [4.69, 9.17) is 10.8 Å². The molecule has 0 aliphatic carbocycles. The summed E-state index contributed by atoms with van der Waals surface area (Å²) in [6, 6.07) is 6.39. The smallest absolute Gasteiger partial charge is 0.347 e. The fourth-order valence-corrected chi connectivity index (χ4v) is 1.70. The summed E-state index contributed by atoms with van der Waals surface area (Å²) in [6.45, 7) is 0.124. The van der Waals surface area contributed by atoms with Crippen LogP contribution in [-0.4, -0.2) is 20.6 Å². The fourth-order valence-electron chi connectivity index (χ4n) is 1.70. The molecule has 1 heterocycles. The van der Waals surface area contributed by atoms with Gasteiger partial charge >= 0.3 is 11.7 Å². The van der Waals surface area contributed by atoms with Gasteiger partial charge in [0.15, 0.2) is 0 Å². The highest BCUT2D eigenvalue weighted by atomic mass is 16.4. The summed E-state index contributed by atoms with van der Waals surface area (Å²) in [5.74, 6) is -1.11. The maximum absolute atomic E-state index is 11.5. The second-order valence-corrected chi connectivity index (χ2v) is 3.72. The van der Waals surface area contributed by atoms with Crippen LogP contribution in [0.5, 0.6) is 0 Å². The second-order valence-electron chi connectivity index (χ2n) is 3.72. The van der Waals surface area contributed by atoms with E-state index in [1.165, 1.54) is 16.8 Å². The SMILES string of the molecule is Nc1cccc(Cn2cccnc2=O)c1C(=O)O. The van der Waals surface area contributed by atoms with Crippen LogP contribution >= 0.6 is 0 Å². The third-order valence-corrected chi connectivity index (χ3v) is 2.52. The maximum atomic E-state index is 11.5. The molecule has 0 aliphatic heterocycles. The third-order valence-electron chi connectivity index (χ3n) is 2.52. The number of anilines is 1. The molecule has 0 atom stereocenters. The van der Waals surface area contributed by atoms with Gasteiger partial charge in [0.25, 0.3) is 0 Å². The number of rotatable bonds is 3. The monoisotopic (exact) mass is 245 g/mol. The van der Waals surface area contributed by atoms with E-state index in [9.17, 15) is 9.59 Å². The van der Waals surface area contributed by atoms with E-state index >= 15 is 0 Å². The molecule has 92 valence electrons. The molecule has 0 amide bonds. The van der Waals surface area contributed by atoms with Gasteiger partial charge in [0, 0.05) is 18.1 Å². The topological polar surface area (TPSA) is 98.2 Å². The maximum Gasteiger partial charge on any atom is 0.347 e. The standard InChI is InChI=1S/C12H11N3O3/c13-9-4-1-3-8(10(9)11(16)17)7-15-6-2-5-14-12(15)18/h1-6H,7,13H2,(H,16,17). The van der Waals surface area contributed by atoms with Crippen LogP contribution in [0.1, 0.15) is 15.9 Å². The van der Waals surface area contributed by atoms with Gasteiger partial charge in [-0.15, -0.1) is 0 Å². The van der Waals surface area contributed by atoms with Crippen LogP contribution in [0.2, 0.25) is 0 Å². The summed E-state index contributed by atoms with van der Waals surface area (Å²) < 4.78 is 1.32. The molecule has 0 unspecified atom stereocenters. The zero-order valence-electron chi connectivity index (χ0n) is 9.41. The van der Waals surface area contributed by atoms with Gasteiger partial charge in [-0.05, 0) is 17.7 Å². The molecule has 1 aromatic heterocycles. The van der Waals surface area contributed by atoms with Crippen LogP contribution in [-0.2, 0) is 6.54 Å². The quantitative estimate of drug-likeness (QED) is 0.770. The van der Waals surface area contributed by atoms with Crippen molar-refractivity contribution in [1.29, 1.82) is 0 Å². The van der Waals surface area contributed by atoms with Crippen LogP contribution in [0.4, 0.5) is 5.69 Å². The molecule has 0 aliphatic rings. The Balaban J connectivity index is 2.47. The normalized spacial score (nSPS) is 10.2. The fraction of sp³-hybridized carbons (Fsp3) is 0.0833. The summed E-state index contributed by atoms with van der Waals surface area (Å²) in [4.78, 5) is 26.2. The second kappa shape index (κ2) is 4.70. The molecule has 2 aromatic rings. The summed E-state index contributed by atoms with van der Waals surface area (Å²) in [7, 11) is 0. The highest BCUT2D eigenvalue weighted by Gasteiger charge is 2.14. The Bertz CT molecular complexity index is 649. The Labute approximate surface area is 102 Å². The first-order chi connectivity index (χ1) is 8.59. The summed E-state index contributed by atoms with van der Waals surface area (Å²) in [5, 5.41) is 9.11. The minimum Gasteiger partial charge on any atom is -0.478 e. The number of hydrogen-bond acceptors (Lipinski definition) is 4. The molecule has 6 heteroatoms. The number of carboxylic acid groups (broad SMARTS) is 1. The Morgan fingerprint density at radius 2 is 2.17 bits per heavy atom. The number of benzene rings is 1. The molecular weight excluding hydrogens is 234 g/mol. The highest BCUT2D eigenvalue weighted by Crippen LogP contribution is 2.17. The van der Waals surface area contributed by atoms with Crippen LogP contribution in [0.15, 0.2) is 41.5 Å². The molecule has 0 radical (unpaired) electrons. The molecule has 2 rings (SSSR count). The number of aromatic nitrogens is 2. The van der Waals surface area contributed by atoms with E-state index in [0.29, 0.717) is 5.56 Å². The lowest BCUT2D eigenvalue weighted by Crippen LogP contribution is -2.23. The Hall–Kier alpha value is -2.63. The van der Waals surface area contributed by atoms with E-state index in [0.717, 1.165) is 0 Å². The first-order valence-corrected chi connectivity index (χ1v) is 5.21. The third kappa shape index (κ3) is 2.22. The number of nitrogens with two attached hydrogens (primary N) is 1. The predicted octanol–water partition coefficient (Wildman–Crippen LogP) is 0.572. The molecule has 6 nitrogen and oxygen atoms in total. The van der Waals surface area contributed by atoms with Crippen LogP contribution in [0, 0.1) is 0 Å². The van der Waals surface area contributed by atoms with Gasteiger partial charge in [-0.25, -0.2) is 14.6 Å². The van der Waals surface area contributed by atoms with Gasteiger partial charge in [0.1, 0.15) is 0 Å². The van der Waals surface area contributed by atoms with Crippen LogP contribution in [0.3, 0.4) is 0 Å². The number of nitrogens with zero attached hydrogens (tertiary/aromatic N) is 2. The zero-order chi connectivity index (χ0) is 13.1. The van der Waals surface area contributed by atoms with E-state index in [1.54, 1.807) is 24.4 Å². The van der Waals surface area contributed by atoms with Crippen molar-refractivity contribution in [2.45, 2.75) is 6.54 Å². The number of carbonyl (C=O) groups is 1. The molecule has 18 heavy (non-hydrogen) atoms. The van der Waals surface area contributed by atoms with Crippen LogP contribution in [0.25, 0.3) is 0 Å². The van der Waals surface area contributed by atoms with E-state index in [2.05, 4.69) is 4.98 Å². The van der Waals surface area contributed by atoms with Crippen molar-refractivity contribution >= 4 is 11.7 Å². The van der Waals surface area contributed by atoms with Crippen molar-refractivity contribution in [3.05, 3.63) is 58.3 Å². The minimum absolute atomic E-state index is 0.0215. The first-order valence-electron chi connectivity index (χ1n) is 5.21. The van der Waals surface area contributed by atoms with Crippen molar-refractivity contribution < 1.29 is 9.90 Å². The van der Waals surface area contributed by atoms with E-state index in [1.807, 2.05) is 0 Å². The summed E-state index contributed by atoms with van der Waals surface area (Å²) in [6.07, 6.45) is 2.93. The molecule has 0 spiro atoms. The van der Waals surface area contributed by atoms with Gasteiger partial charge in [-0.1, -0.05) is 12.1 Å². The first kappa shape index (κ1) is 11.8. The van der Waals surface area contributed by atoms with Gasteiger partial charge in [-0.2, -0.15) is 0 Å². The molecule has 3 N–H and O–H groups in total. The minimum atomic E-state index is -1.11. The Kier molecular flexibility index (Phi) is 3.09. The van der Waals surface area contributed by atoms with Gasteiger partial charge in [-0.3, -0.25) is 4.57 Å². The Morgan fingerprint density at radius 1 is 1.39 bits per heavy atom.